The fraction of sp³-hybridized carbons (Fsp3) is 0.370. The smallest absolute Gasteiger partial charge is 0.256 e. The van der Waals surface area contributed by atoms with Crippen molar-refractivity contribution in [2.75, 3.05) is 23.7 Å². The molecule has 2 aromatic carbocycles. The van der Waals surface area contributed by atoms with Gasteiger partial charge in [0.25, 0.3) is 5.91 Å². The Morgan fingerprint density at radius 1 is 1.00 bits per heavy atom. The first kappa shape index (κ1) is 22.3. The van der Waals surface area contributed by atoms with Crippen LogP contribution in [0, 0.1) is 13.8 Å². The molecule has 2 saturated heterocycles. The highest BCUT2D eigenvalue weighted by molar-refractivity contribution is 5.98. The number of nitrogens with one attached hydrogen (secondary N) is 3. The molecule has 1 aromatic heterocycles. The van der Waals surface area contributed by atoms with Crippen LogP contribution in [0.5, 0.6) is 0 Å². The van der Waals surface area contributed by atoms with E-state index in [0.717, 1.165) is 23.7 Å². The topological polar surface area (TPSA) is 82.0 Å². The van der Waals surface area contributed by atoms with Gasteiger partial charge in [-0.2, -0.15) is 4.98 Å². The summed E-state index contributed by atoms with van der Waals surface area (Å²) in [6, 6.07) is 17.6. The molecule has 7 heteroatoms. The second-order valence-electron chi connectivity index (χ2n) is 9.36. The Morgan fingerprint density at radius 2 is 1.85 bits per heavy atom. The molecule has 3 N–H and O–H groups in total. The maximum atomic E-state index is 13.0. The maximum absolute atomic E-state index is 13.0. The van der Waals surface area contributed by atoms with E-state index in [4.69, 9.17) is 4.98 Å². The number of piperidine rings is 1. The molecule has 0 radical (unpaired) electrons. The zero-order chi connectivity index (χ0) is 23.5. The number of nitrogens with zero attached hydrogens (tertiary/aromatic N) is 3. The van der Waals surface area contributed by atoms with Gasteiger partial charge in [-0.3, -0.25) is 9.69 Å². The van der Waals surface area contributed by atoms with Crippen LogP contribution in [0.4, 0.5) is 11.8 Å². The predicted octanol–water partition coefficient (Wildman–Crippen LogP) is 3.89. The number of anilines is 2. The number of aromatic nitrogens is 2. The normalized spacial score (nSPS) is 20.5. The fourth-order valence-corrected chi connectivity index (χ4v) is 4.62. The van der Waals surface area contributed by atoms with E-state index in [0.29, 0.717) is 36.5 Å². The molecule has 3 atom stereocenters. The first-order valence-corrected chi connectivity index (χ1v) is 12.1. The molecule has 0 saturated carbocycles. The summed E-state index contributed by atoms with van der Waals surface area (Å²) in [7, 11) is 0. The lowest BCUT2D eigenvalue weighted by molar-refractivity contribution is 0.0951. The predicted molar refractivity (Wildman–Crippen MR) is 135 cm³/mol. The Morgan fingerprint density at radius 3 is 2.59 bits per heavy atom. The van der Waals surface area contributed by atoms with E-state index in [1.165, 1.54) is 30.5 Å². The van der Waals surface area contributed by atoms with E-state index in [1.54, 1.807) is 6.20 Å². The first-order valence-electron chi connectivity index (χ1n) is 12.1. The number of hydrogen-bond acceptors (Lipinski definition) is 6. The van der Waals surface area contributed by atoms with E-state index in [-0.39, 0.29) is 5.91 Å². The van der Waals surface area contributed by atoms with Crippen LogP contribution in [0.25, 0.3) is 0 Å². The Balaban J connectivity index is 1.30. The second kappa shape index (κ2) is 9.81. The van der Waals surface area contributed by atoms with Gasteiger partial charge in [-0.05, 0) is 48.9 Å². The Labute approximate surface area is 201 Å². The van der Waals surface area contributed by atoms with Gasteiger partial charge in [-0.15, -0.1) is 0 Å². The molecular formula is C27H32N6O. The number of carbonyl (C=O) groups excluding carboxylic acids is 1. The number of rotatable bonds is 9. The summed E-state index contributed by atoms with van der Waals surface area (Å²) in [6.07, 6.45) is 4.12. The van der Waals surface area contributed by atoms with Crippen LogP contribution in [0.15, 0.2) is 54.7 Å². The molecule has 0 aliphatic carbocycles. The molecule has 3 unspecified atom stereocenters. The molecular weight excluding hydrogens is 424 g/mol. The number of fused-ring (bicyclic) bond motifs is 1. The van der Waals surface area contributed by atoms with Crippen molar-refractivity contribution in [3.05, 3.63) is 82.5 Å². The van der Waals surface area contributed by atoms with Crippen molar-refractivity contribution < 1.29 is 4.79 Å². The molecule has 0 bridgehead atoms. The van der Waals surface area contributed by atoms with E-state index in [9.17, 15) is 4.79 Å². The van der Waals surface area contributed by atoms with Crippen molar-refractivity contribution in [3.8, 4) is 0 Å². The first-order chi connectivity index (χ1) is 16.6. The molecule has 2 aliphatic heterocycles. The summed E-state index contributed by atoms with van der Waals surface area (Å²) in [5.41, 5.74) is 5.14. The molecule has 176 valence electrons. The van der Waals surface area contributed by atoms with Crippen LogP contribution in [0.1, 0.15) is 45.5 Å². The molecule has 2 fully saturated rings. The van der Waals surface area contributed by atoms with Gasteiger partial charge >= 0.3 is 0 Å². The van der Waals surface area contributed by atoms with E-state index in [2.05, 4.69) is 57.9 Å². The molecule has 7 nitrogen and oxygen atoms in total. The molecule has 5 rings (SSSR count). The lowest BCUT2D eigenvalue weighted by atomic mass is 10.1. The minimum absolute atomic E-state index is 0.194. The van der Waals surface area contributed by atoms with Crippen molar-refractivity contribution in [2.45, 2.75) is 51.9 Å². The zero-order valence-corrected chi connectivity index (χ0v) is 19.8. The number of benzene rings is 2. The van der Waals surface area contributed by atoms with Gasteiger partial charge in [-0.1, -0.05) is 48.5 Å². The molecule has 34 heavy (non-hydrogen) atoms. The summed E-state index contributed by atoms with van der Waals surface area (Å²) in [6.45, 7) is 7.29. The lowest BCUT2D eigenvalue weighted by Gasteiger charge is -2.16. The van der Waals surface area contributed by atoms with Crippen LogP contribution in [0.3, 0.4) is 0 Å². The quantitative estimate of drug-likeness (QED) is 0.424. The minimum Gasteiger partial charge on any atom is -0.365 e. The highest BCUT2D eigenvalue weighted by Crippen LogP contribution is 2.35. The summed E-state index contributed by atoms with van der Waals surface area (Å²) in [5, 5.41) is 9.76. The van der Waals surface area contributed by atoms with E-state index < -0.39 is 0 Å². The summed E-state index contributed by atoms with van der Waals surface area (Å²) in [5.74, 6) is 0.894. The van der Waals surface area contributed by atoms with Gasteiger partial charge in [0.05, 0.1) is 0 Å². The minimum atomic E-state index is -0.194. The average molecular weight is 457 g/mol. The molecule has 3 heterocycles. The molecule has 1 amide bonds. The summed E-state index contributed by atoms with van der Waals surface area (Å²) < 4.78 is 0. The third kappa shape index (κ3) is 5.20. The standard InChI is InChI=1S/C27H32N6O/c1-18-8-9-21(12-19(18)2)14-28-25-24(26(34)29-13-20-6-4-3-5-7-20)16-31-27(32-25)30-15-22-10-11-23-17-33(22)23/h3-9,12,16,22-23H,10-11,13-15,17H2,1-2H3,(H,29,34)(H2,28,30,31,32). The van der Waals surface area contributed by atoms with Crippen molar-refractivity contribution in [3.63, 3.8) is 0 Å². The van der Waals surface area contributed by atoms with E-state index >= 15 is 0 Å². The summed E-state index contributed by atoms with van der Waals surface area (Å²) >= 11 is 0. The van der Waals surface area contributed by atoms with Crippen LogP contribution >= 0.6 is 0 Å². The highest BCUT2D eigenvalue weighted by atomic mass is 16.1. The van der Waals surface area contributed by atoms with Crippen molar-refractivity contribution in [1.82, 2.24) is 20.2 Å². The van der Waals surface area contributed by atoms with E-state index in [1.807, 2.05) is 30.3 Å². The number of amides is 1. The van der Waals surface area contributed by atoms with Crippen molar-refractivity contribution >= 4 is 17.7 Å². The Hall–Kier alpha value is -3.45. The number of hydrogen-bond donors (Lipinski definition) is 3. The van der Waals surface area contributed by atoms with Crippen LogP contribution < -0.4 is 16.0 Å². The lowest BCUT2D eigenvalue weighted by Crippen LogP contribution is -2.27. The fourth-order valence-electron chi connectivity index (χ4n) is 4.62. The third-order valence-corrected chi connectivity index (χ3v) is 6.92. The van der Waals surface area contributed by atoms with Crippen LogP contribution in [-0.4, -0.2) is 45.9 Å². The number of aryl methyl sites for hydroxylation is 2. The summed E-state index contributed by atoms with van der Waals surface area (Å²) in [4.78, 5) is 24.7. The van der Waals surface area contributed by atoms with Gasteiger partial charge in [-0.25, -0.2) is 4.98 Å². The molecule has 2 aliphatic rings. The Kier molecular flexibility index (Phi) is 6.45. The van der Waals surface area contributed by atoms with Gasteiger partial charge in [0.15, 0.2) is 0 Å². The third-order valence-electron chi connectivity index (χ3n) is 6.92. The maximum Gasteiger partial charge on any atom is 0.256 e. The average Bonchev–Trinajstić information content (AvgIpc) is 3.54. The van der Waals surface area contributed by atoms with Gasteiger partial charge in [0.2, 0.25) is 5.95 Å². The largest absolute Gasteiger partial charge is 0.365 e. The SMILES string of the molecule is Cc1ccc(CNc2nc(NCC3CCC4CN34)ncc2C(=O)NCc2ccccc2)cc1C. The highest BCUT2D eigenvalue weighted by Gasteiger charge is 2.44. The van der Waals surface area contributed by atoms with Crippen molar-refractivity contribution in [2.24, 2.45) is 0 Å². The molecule has 0 spiro atoms. The number of carbonyl (C=O) groups is 1. The van der Waals surface area contributed by atoms with Crippen molar-refractivity contribution in [1.29, 1.82) is 0 Å². The molecule has 3 aromatic rings. The van der Waals surface area contributed by atoms with Gasteiger partial charge < -0.3 is 16.0 Å². The monoisotopic (exact) mass is 456 g/mol. The van der Waals surface area contributed by atoms with Crippen LogP contribution in [0.2, 0.25) is 0 Å². The Bertz CT molecular complexity index is 1170. The van der Waals surface area contributed by atoms with Crippen LogP contribution in [-0.2, 0) is 13.1 Å². The second-order valence-corrected chi connectivity index (χ2v) is 9.36. The zero-order valence-electron chi connectivity index (χ0n) is 19.8. The van der Waals surface area contributed by atoms with Gasteiger partial charge in [0, 0.05) is 44.5 Å². The van der Waals surface area contributed by atoms with Gasteiger partial charge in [0.1, 0.15) is 11.4 Å².